The van der Waals surface area contributed by atoms with E-state index in [-0.39, 0.29) is 19.6 Å². The van der Waals surface area contributed by atoms with Gasteiger partial charge in [-0.2, -0.15) is 0 Å². The van der Waals surface area contributed by atoms with Crippen molar-refractivity contribution in [3.05, 3.63) is 33.8 Å². The second-order valence-electron chi connectivity index (χ2n) is 6.69. The lowest BCUT2D eigenvalue weighted by Gasteiger charge is -2.21. The maximum Gasteiger partial charge on any atom is 0.408 e. The van der Waals surface area contributed by atoms with Gasteiger partial charge in [-0.3, -0.25) is 9.59 Å². The monoisotopic (exact) mass is 418 g/mol. The van der Waals surface area contributed by atoms with E-state index in [0.29, 0.717) is 15.6 Å². The van der Waals surface area contributed by atoms with E-state index >= 15 is 0 Å². The first kappa shape index (κ1) is 23.0. The van der Waals surface area contributed by atoms with Crippen LogP contribution in [0.1, 0.15) is 45.7 Å². The molecule has 0 saturated carbocycles. The SMILES string of the molecule is CCOC(=O)CC(NC(=O)CNC(=O)OC(C)(C)C)c1cc(Cl)cc(Cl)c1. The number of carbonyl (C=O) groups excluding carboxylic acids is 3. The highest BCUT2D eigenvalue weighted by Gasteiger charge is 2.21. The van der Waals surface area contributed by atoms with Crippen LogP contribution in [0.4, 0.5) is 4.79 Å². The van der Waals surface area contributed by atoms with Crippen LogP contribution < -0.4 is 10.6 Å². The van der Waals surface area contributed by atoms with Crippen LogP contribution in [-0.2, 0) is 19.1 Å². The molecule has 27 heavy (non-hydrogen) atoms. The van der Waals surface area contributed by atoms with Gasteiger partial charge in [0.2, 0.25) is 5.91 Å². The average molecular weight is 419 g/mol. The minimum Gasteiger partial charge on any atom is -0.466 e. The van der Waals surface area contributed by atoms with Gasteiger partial charge in [-0.05, 0) is 51.5 Å². The van der Waals surface area contributed by atoms with Crippen LogP contribution in [0.3, 0.4) is 0 Å². The molecule has 1 rings (SSSR count). The Bertz CT molecular complexity index is 669. The van der Waals surface area contributed by atoms with Gasteiger partial charge in [-0.15, -0.1) is 0 Å². The van der Waals surface area contributed by atoms with E-state index < -0.39 is 29.6 Å². The van der Waals surface area contributed by atoms with E-state index in [1.165, 1.54) is 0 Å². The number of carbonyl (C=O) groups is 3. The fraction of sp³-hybridized carbons (Fsp3) is 0.500. The molecule has 0 radical (unpaired) electrons. The molecule has 0 bridgehead atoms. The summed E-state index contributed by atoms with van der Waals surface area (Å²) in [6.07, 6.45) is -0.826. The van der Waals surface area contributed by atoms with Crippen LogP contribution >= 0.6 is 23.2 Å². The molecule has 2 N–H and O–H groups in total. The van der Waals surface area contributed by atoms with Crippen molar-refractivity contribution in [3.8, 4) is 0 Å². The number of nitrogens with one attached hydrogen (secondary N) is 2. The molecule has 150 valence electrons. The predicted octanol–water partition coefficient (Wildman–Crippen LogP) is 3.63. The van der Waals surface area contributed by atoms with Crippen molar-refractivity contribution in [3.63, 3.8) is 0 Å². The molecule has 7 nitrogen and oxygen atoms in total. The molecule has 0 aromatic heterocycles. The summed E-state index contributed by atoms with van der Waals surface area (Å²) >= 11 is 12.0. The van der Waals surface area contributed by atoms with Crippen molar-refractivity contribution in [2.24, 2.45) is 0 Å². The third-order valence-electron chi connectivity index (χ3n) is 3.09. The highest BCUT2D eigenvalue weighted by molar-refractivity contribution is 6.34. The molecule has 0 aliphatic carbocycles. The second-order valence-corrected chi connectivity index (χ2v) is 7.56. The maximum atomic E-state index is 12.2. The van der Waals surface area contributed by atoms with Gasteiger partial charge in [-0.1, -0.05) is 23.2 Å². The Morgan fingerprint density at radius 1 is 1.11 bits per heavy atom. The van der Waals surface area contributed by atoms with Crippen molar-refractivity contribution in [2.75, 3.05) is 13.2 Å². The van der Waals surface area contributed by atoms with Crippen molar-refractivity contribution < 1.29 is 23.9 Å². The molecule has 1 aromatic rings. The molecule has 2 amide bonds. The Morgan fingerprint density at radius 2 is 1.70 bits per heavy atom. The standard InChI is InChI=1S/C18H24Cl2N2O5/c1-5-26-16(24)9-14(11-6-12(19)8-13(20)7-11)22-15(23)10-21-17(25)27-18(2,3)4/h6-8,14H,5,9-10H2,1-4H3,(H,21,25)(H,22,23). The number of benzene rings is 1. The van der Waals surface area contributed by atoms with Crippen LogP contribution in [0.2, 0.25) is 10.0 Å². The van der Waals surface area contributed by atoms with E-state index in [2.05, 4.69) is 10.6 Å². The van der Waals surface area contributed by atoms with Gasteiger partial charge in [-0.25, -0.2) is 4.79 Å². The third kappa shape index (κ3) is 9.49. The lowest BCUT2D eigenvalue weighted by atomic mass is 10.0. The van der Waals surface area contributed by atoms with Gasteiger partial charge >= 0.3 is 12.1 Å². The fourth-order valence-corrected chi connectivity index (χ4v) is 2.67. The molecule has 0 aliphatic rings. The minimum atomic E-state index is -0.717. The summed E-state index contributed by atoms with van der Waals surface area (Å²) in [6.45, 7) is 6.73. The van der Waals surface area contributed by atoms with Gasteiger partial charge in [0.15, 0.2) is 0 Å². The summed E-state index contributed by atoms with van der Waals surface area (Å²) in [5.74, 6) is -0.995. The van der Waals surface area contributed by atoms with Crippen molar-refractivity contribution in [1.29, 1.82) is 0 Å². The first-order valence-corrected chi connectivity index (χ1v) is 9.13. The summed E-state index contributed by atoms with van der Waals surface area (Å²) in [5.41, 5.74) is -0.129. The van der Waals surface area contributed by atoms with Gasteiger partial charge in [0.05, 0.1) is 19.1 Å². The number of hydrogen-bond acceptors (Lipinski definition) is 5. The molecular weight excluding hydrogens is 395 g/mol. The van der Waals surface area contributed by atoms with Crippen LogP contribution in [0.5, 0.6) is 0 Å². The second kappa shape index (κ2) is 10.4. The van der Waals surface area contributed by atoms with E-state index in [4.69, 9.17) is 32.7 Å². The van der Waals surface area contributed by atoms with Gasteiger partial charge in [0, 0.05) is 10.0 Å². The summed E-state index contributed by atoms with van der Waals surface area (Å²) in [5, 5.41) is 5.76. The first-order chi connectivity index (χ1) is 12.5. The Balaban J connectivity index is 2.79. The van der Waals surface area contributed by atoms with Crippen molar-refractivity contribution in [2.45, 2.75) is 45.8 Å². The van der Waals surface area contributed by atoms with Crippen LogP contribution in [0, 0.1) is 0 Å². The lowest BCUT2D eigenvalue weighted by molar-refractivity contribution is -0.143. The molecule has 0 heterocycles. The summed E-state index contributed by atoms with van der Waals surface area (Å²) in [4.78, 5) is 35.7. The smallest absolute Gasteiger partial charge is 0.408 e. The van der Waals surface area contributed by atoms with Gasteiger partial charge in [0.1, 0.15) is 12.1 Å². The molecule has 0 saturated heterocycles. The van der Waals surface area contributed by atoms with E-state index in [1.807, 2.05) is 0 Å². The van der Waals surface area contributed by atoms with Crippen molar-refractivity contribution in [1.82, 2.24) is 10.6 Å². The number of alkyl carbamates (subject to hydrolysis) is 1. The highest BCUT2D eigenvalue weighted by Crippen LogP contribution is 2.25. The Kier molecular flexibility index (Phi) is 8.85. The maximum absolute atomic E-state index is 12.2. The van der Waals surface area contributed by atoms with Crippen LogP contribution in [-0.4, -0.2) is 36.7 Å². The number of amides is 2. The molecule has 9 heteroatoms. The fourth-order valence-electron chi connectivity index (χ4n) is 2.13. The number of halogens is 2. The predicted molar refractivity (Wildman–Crippen MR) is 103 cm³/mol. The Morgan fingerprint density at radius 3 is 2.22 bits per heavy atom. The van der Waals surface area contributed by atoms with Crippen molar-refractivity contribution >= 4 is 41.2 Å². The van der Waals surface area contributed by atoms with E-state index in [1.54, 1.807) is 45.9 Å². The molecule has 1 unspecified atom stereocenters. The molecule has 0 spiro atoms. The molecule has 0 aliphatic heterocycles. The number of rotatable bonds is 7. The molecule has 1 aromatic carbocycles. The quantitative estimate of drug-likeness (QED) is 0.659. The third-order valence-corrected chi connectivity index (χ3v) is 3.53. The first-order valence-electron chi connectivity index (χ1n) is 8.38. The summed E-state index contributed by atoms with van der Waals surface area (Å²) < 4.78 is 10.0. The molecular formula is C18H24Cl2N2O5. The zero-order valence-electron chi connectivity index (χ0n) is 15.7. The van der Waals surface area contributed by atoms with Gasteiger partial charge in [0.25, 0.3) is 0 Å². The lowest BCUT2D eigenvalue weighted by Crippen LogP contribution is -2.41. The zero-order valence-corrected chi connectivity index (χ0v) is 17.2. The van der Waals surface area contributed by atoms with E-state index in [0.717, 1.165) is 0 Å². The topological polar surface area (TPSA) is 93.7 Å². The largest absolute Gasteiger partial charge is 0.466 e. The minimum absolute atomic E-state index is 0.108. The van der Waals surface area contributed by atoms with E-state index in [9.17, 15) is 14.4 Å². The molecule has 1 atom stereocenters. The Hall–Kier alpha value is -1.99. The summed E-state index contributed by atoms with van der Waals surface area (Å²) in [6, 6.07) is 4.02. The highest BCUT2D eigenvalue weighted by atomic mass is 35.5. The average Bonchev–Trinajstić information content (AvgIpc) is 2.50. The van der Waals surface area contributed by atoms with Crippen LogP contribution in [0.25, 0.3) is 0 Å². The van der Waals surface area contributed by atoms with Crippen LogP contribution in [0.15, 0.2) is 18.2 Å². The number of ether oxygens (including phenoxy) is 2. The Labute approximate surface area is 168 Å². The normalized spacial score (nSPS) is 12.1. The summed E-state index contributed by atoms with van der Waals surface area (Å²) in [7, 11) is 0. The molecule has 0 fully saturated rings. The van der Waals surface area contributed by atoms with Gasteiger partial charge < -0.3 is 20.1 Å². The number of esters is 1. The zero-order chi connectivity index (χ0) is 20.6. The number of hydrogen-bond donors (Lipinski definition) is 2.